The molecule has 3 rings (SSSR count). The van der Waals surface area contributed by atoms with Crippen LogP contribution < -0.4 is 4.74 Å². The Morgan fingerprint density at radius 3 is 3.05 bits per heavy atom. The van der Waals surface area contributed by atoms with E-state index in [1.807, 2.05) is 18.2 Å². The highest BCUT2D eigenvalue weighted by atomic mass is 79.9. The van der Waals surface area contributed by atoms with Crippen molar-refractivity contribution in [3.05, 3.63) is 28.2 Å². The van der Waals surface area contributed by atoms with Crippen molar-refractivity contribution in [2.24, 2.45) is 0 Å². The number of aliphatic hydroxyl groups is 1. The summed E-state index contributed by atoms with van der Waals surface area (Å²) in [6, 6.07) is 5.92. The Hall–Kier alpha value is -0.580. The molecule has 2 atom stereocenters. The summed E-state index contributed by atoms with van der Waals surface area (Å²) in [6.07, 6.45) is 3.46. The number of ether oxygens (including phenoxy) is 1. The maximum atomic E-state index is 10.4. The Kier molecular flexibility index (Phi) is 3.58. The number of likely N-dealkylation sites (tertiary alicyclic amines) is 1. The van der Waals surface area contributed by atoms with Crippen LogP contribution >= 0.6 is 15.9 Å². The first-order valence-electron chi connectivity index (χ1n) is 6.93. The lowest BCUT2D eigenvalue weighted by Gasteiger charge is -2.40. The number of hydrogen-bond donors (Lipinski definition) is 1. The Bertz CT molecular complexity index is 479. The van der Waals surface area contributed by atoms with Crippen LogP contribution in [0.5, 0.6) is 5.75 Å². The fraction of sp³-hybridized carbons (Fsp3) is 0.600. The molecule has 0 amide bonds. The molecule has 0 aromatic heterocycles. The molecule has 2 aliphatic rings. The Balaban J connectivity index is 1.89. The van der Waals surface area contributed by atoms with Gasteiger partial charge in [0.05, 0.1) is 6.10 Å². The maximum absolute atomic E-state index is 10.4. The van der Waals surface area contributed by atoms with Crippen LogP contribution in [0.25, 0.3) is 0 Å². The molecule has 104 valence electrons. The standard InChI is InChI=1S/C15H20BrNO2/c1-17-7-2-5-15(6-8-17)10-13(18)12-9-11(16)3-4-14(12)19-15/h3-4,9,13,18H,2,5-8,10H2,1H3. The van der Waals surface area contributed by atoms with Crippen LogP contribution in [0, 0.1) is 0 Å². The van der Waals surface area contributed by atoms with Crippen LogP contribution in [0.2, 0.25) is 0 Å². The van der Waals surface area contributed by atoms with Gasteiger partial charge in [0.15, 0.2) is 0 Å². The van der Waals surface area contributed by atoms with E-state index in [-0.39, 0.29) is 5.60 Å². The molecule has 1 aromatic rings. The van der Waals surface area contributed by atoms with Crippen LogP contribution in [0.3, 0.4) is 0 Å². The van der Waals surface area contributed by atoms with E-state index in [2.05, 4.69) is 27.9 Å². The van der Waals surface area contributed by atoms with Gasteiger partial charge in [-0.3, -0.25) is 0 Å². The molecule has 2 unspecified atom stereocenters. The van der Waals surface area contributed by atoms with Gasteiger partial charge < -0.3 is 14.7 Å². The van der Waals surface area contributed by atoms with Crippen molar-refractivity contribution >= 4 is 15.9 Å². The minimum atomic E-state index is -0.412. The lowest BCUT2D eigenvalue weighted by molar-refractivity contribution is -0.0236. The number of hydrogen-bond acceptors (Lipinski definition) is 3. The third-order valence-corrected chi connectivity index (χ3v) is 4.84. The highest BCUT2D eigenvalue weighted by Crippen LogP contribution is 2.44. The normalized spacial score (nSPS) is 31.6. The zero-order valence-corrected chi connectivity index (χ0v) is 12.8. The number of halogens is 1. The van der Waals surface area contributed by atoms with Gasteiger partial charge in [0.1, 0.15) is 11.4 Å². The molecule has 0 aliphatic carbocycles. The smallest absolute Gasteiger partial charge is 0.126 e. The van der Waals surface area contributed by atoms with Crippen LogP contribution in [0.15, 0.2) is 22.7 Å². The second kappa shape index (κ2) is 5.08. The monoisotopic (exact) mass is 325 g/mol. The van der Waals surface area contributed by atoms with Crippen LogP contribution in [0.1, 0.15) is 37.4 Å². The average molecular weight is 326 g/mol. The van der Waals surface area contributed by atoms with Gasteiger partial charge in [-0.1, -0.05) is 15.9 Å². The Morgan fingerprint density at radius 1 is 1.37 bits per heavy atom. The van der Waals surface area contributed by atoms with Gasteiger partial charge in [-0.2, -0.15) is 0 Å². The number of nitrogens with zero attached hydrogens (tertiary/aromatic N) is 1. The van der Waals surface area contributed by atoms with E-state index in [9.17, 15) is 5.11 Å². The van der Waals surface area contributed by atoms with E-state index in [0.29, 0.717) is 6.42 Å². The fourth-order valence-corrected chi connectivity index (χ4v) is 3.60. The van der Waals surface area contributed by atoms with Crippen molar-refractivity contribution in [2.45, 2.75) is 37.4 Å². The van der Waals surface area contributed by atoms with E-state index in [0.717, 1.165) is 48.1 Å². The number of fused-ring (bicyclic) bond motifs is 1. The summed E-state index contributed by atoms with van der Waals surface area (Å²) in [5.74, 6) is 0.853. The summed E-state index contributed by atoms with van der Waals surface area (Å²) in [4.78, 5) is 2.35. The molecule has 2 aliphatic heterocycles. The first-order valence-corrected chi connectivity index (χ1v) is 7.72. The molecule has 1 spiro atoms. The molecule has 0 saturated carbocycles. The topological polar surface area (TPSA) is 32.7 Å². The van der Waals surface area contributed by atoms with Gasteiger partial charge in [0.25, 0.3) is 0 Å². The van der Waals surface area contributed by atoms with E-state index in [1.165, 1.54) is 0 Å². The summed E-state index contributed by atoms with van der Waals surface area (Å²) in [5, 5.41) is 10.4. The van der Waals surface area contributed by atoms with Gasteiger partial charge in [-0.05, 0) is 51.1 Å². The second-order valence-electron chi connectivity index (χ2n) is 5.84. The SMILES string of the molecule is CN1CCCC2(CC1)CC(O)c1cc(Br)ccc1O2. The van der Waals surface area contributed by atoms with E-state index >= 15 is 0 Å². The highest BCUT2D eigenvalue weighted by Gasteiger charge is 2.41. The molecule has 3 nitrogen and oxygen atoms in total. The van der Waals surface area contributed by atoms with Crippen molar-refractivity contribution in [3.63, 3.8) is 0 Å². The quantitative estimate of drug-likeness (QED) is 0.795. The van der Waals surface area contributed by atoms with Crippen LogP contribution in [-0.4, -0.2) is 35.7 Å². The third kappa shape index (κ3) is 2.67. The van der Waals surface area contributed by atoms with Crippen LogP contribution in [0.4, 0.5) is 0 Å². The largest absolute Gasteiger partial charge is 0.487 e. The first kappa shape index (κ1) is 13.4. The molecule has 1 saturated heterocycles. The predicted molar refractivity (Wildman–Crippen MR) is 78.4 cm³/mol. The van der Waals surface area contributed by atoms with E-state index in [4.69, 9.17) is 4.74 Å². The fourth-order valence-electron chi connectivity index (χ4n) is 3.22. The molecular weight excluding hydrogens is 306 g/mol. The summed E-state index contributed by atoms with van der Waals surface area (Å²) in [6.45, 7) is 2.16. The summed E-state index contributed by atoms with van der Waals surface area (Å²) < 4.78 is 7.30. The van der Waals surface area contributed by atoms with Crippen LogP contribution in [-0.2, 0) is 0 Å². The minimum Gasteiger partial charge on any atom is -0.487 e. The molecule has 1 aromatic carbocycles. The molecule has 19 heavy (non-hydrogen) atoms. The number of aliphatic hydroxyl groups excluding tert-OH is 1. The molecule has 0 radical (unpaired) electrons. The molecule has 1 fully saturated rings. The van der Waals surface area contributed by atoms with Crippen molar-refractivity contribution in [3.8, 4) is 5.75 Å². The lowest BCUT2D eigenvalue weighted by Crippen LogP contribution is -2.41. The molecule has 4 heteroatoms. The summed E-state index contributed by atoms with van der Waals surface area (Å²) >= 11 is 3.45. The molecule has 1 N–H and O–H groups in total. The van der Waals surface area contributed by atoms with Gasteiger partial charge in [0.2, 0.25) is 0 Å². The summed E-state index contributed by atoms with van der Waals surface area (Å²) in [5.41, 5.74) is 0.739. The van der Waals surface area contributed by atoms with Crippen molar-refractivity contribution in [1.29, 1.82) is 0 Å². The minimum absolute atomic E-state index is 0.176. The average Bonchev–Trinajstić information content (AvgIpc) is 2.54. The number of rotatable bonds is 0. The Morgan fingerprint density at radius 2 is 2.21 bits per heavy atom. The number of benzene rings is 1. The van der Waals surface area contributed by atoms with Gasteiger partial charge in [-0.25, -0.2) is 0 Å². The molecule has 0 bridgehead atoms. The zero-order valence-electron chi connectivity index (χ0n) is 11.2. The highest BCUT2D eigenvalue weighted by molar-refractivity contribution is 9.10. The third-order valence-electron chi connectivity index (χ3n) is 4.34. The van der Waals surface area contributed by atoms with Gasteiger partial charge in [0, 0.05) is 23.0 Å². The van der Waals surface area contributed by atoms with Crippen molar-refractivity contribution in [1.82, 2.24) is 4.90 Å². The van der Waals surface area contributed by atoms with E-state index in [1.54, 1.807) is 0 Å². The van der Waals surface area contributed by atoms with Crippen molar-refractivity contribution < 1.29 is 9.84 Å². The van der Waals surface area contributed by atoms with Gasteiger partial charge >= 0.3 is 0 Å². The predicted octanol–water partition coefficient (Wildman–Crippen LogP) is 3.12. The second-order valence-corrected chi connectivity index (χ2v) is 6.76. The Labute approximate surface area is 122 Å². The first-order chi connectivity index (χ1) is 9.08. The molecular formula is C15H20BrNO2. The zero-order chi connectivity index (χ0) is 13.5. The lowest BCUT2D eigenvalue weighted by atomic mass is 9.83. The molecule has 2 heterocycles. The summed E-state index contributed by atoms with van der Waals surface area (Å²) in [7, 11) is 2.16. The van der Waals surface area contributed by atoms with Gasteiger partial charge in [-0.15, -0.1) is 0 Å². The van der Waals surface area contributed by atoms with Crippen molar-refractivity contribution in [2.75, 3.05) is 20.1 Å². The van der Waals surface area contributed by atoms with E-state index < -0.39 is 6.10 Å². The maximum Gasteiger partial charge on any atom is 0.126 e.